The summed E-state index contributed by atoms with van der Waals surface area (Å²) >= 11 is 3.28. The van der Waals surface area contributed by atoms with Gasteiger partial charge in [0.2, 0.25) is 0 Å². The highest BCUT2D eigenvalue weighted by Gasteiger charge is 2.25. The van der Waals surface area contributed by atoms with Gasteiger partial charge < -0.3 is 0 Å². The molecule has 0 heterocycles. The van der Waals surface area contributed by atoms with Crippen LogP contribution >= 0.6 is 15.9 Å². The number of nitrogens with zero attached hydrogens (tertiary/aromatic N) is 1. The van der Waals surface area contributed by atoms with Crippen molar-refractivity contribution in [3.8, 4) is 0 Å². The summed E-state index contributed by atoms with van der Waals surface area (Å²) in [4.78, 5) is 12.6. The van der Waals surface area contributed by atoms with Crippen molar-refractivity contribution in [3.63, 3.8) is 0 Å². The summed E-state index contributed by atoms with van der Waals surface area (Å²) in [6, 6.07) is 6.31. The molecule has 0 bridgehead atoms. The molecule has 0 aromatic heterocycles. The van der Waals surface area contributed by atoms with Gasteiger partial charge in [0.25, 0.3) is 10.0 Å². The summed E-state index contributed by atoms with van der Waals surface area (Å²) in [5, 5.41) is 0. The summed E-state index contributed by atoms with van der Waals surface area (Å²) in [5.74, 6) is -0.0268. The summed E-state index contributed by atoms with van der Waals surface area (Å²) in [6.45, 7) is 7.64. The van der Waals surface area contributed by atoms with E-state index in [-0.39, 0.29) is 22.5 Å². The van der Waals surface area contributed by atoms with E-state index in [1.165, 1.54) is 12.1 Å². The molecule has 0 radical (unpaired) electrons. The van der Waals surface area contributed by atoms with E-state index in [1.54, 1.807) is 24.3 Å². The first-order valence-corrected chi connectivity index (χ1v) is 9.93. The molecule has 1 aliphatic rings. The van der Waals surface area contributed by atoms with Gasteiger partial charge in [0.1, 0.15) is 0 Å². The van der Waals surface area contributed by atoms with Crippen LogP contribution in [0.1, 0.15) is 27.7 Å². The third kappa shape index (κ3) is 4.11. The summed E-state index contributed by atoms with van der Waals surface area (Å²) < 4.78 is 29.7. The third-order valence-electron chi connectivity index (χ3n) is 3.71. The molecule has 0 aliphatic heterocycles. The first-order valence-electron chi connectivity index (χ1n) is 7.70. The summed E-state index contributed by atoms with van der Waals surface area (Å²) in [6.07, 6.45) is 3.16. The zero-order chi connectivity index (χ0) is 18.1. The Bertz CT molecular complexity index is 815. The van der Waals surface area contributed by atoms with Gasteiger partial charge in [-0.25, -0.2) is 0 Å². The van der Waals surface area contributed by atoms with Crippen molar-refractivity contribution in [1.29, 1.82) is 0 Å². The van der Waals surface area contributed by atoms with Crippen LogP contribution in [0.25, 0.3) is 0 Å². The van der Waals surface area contributed by atoms with Crippen molar-refractivity contribution in [2.75, 3.05) is 0 Å². The van der Waals surface area contributed by atoms with E-state index in [4.69, 9.17) is 0 Å². The van der Waals surface area contributed by atoms with Crippen molar-refractivity contribution >= 4 is 37.4 Å². The molecule has 0 saturated carbocycles. The number of sulfonamides is 1. The van der Waals surface area contributed by atoms with Gasteiger partial charge in [0, 0.05) is 15.6 Å². The van der Waals surface area contributed by atoms with Crippen LogP contribution in [0, 0.1) is 11.8 Å². The molecule has 1 aliphatic carbocycles. The van der Waals surface area contributed by atoms with Gasteiger partial charge >= 0.3 is 0 Å². The Morgan fingerprint density at radius 1 is 0.917 bits per heavy atom. The second-order valence-electron chi connectivity index (χ2n) is 6.28. The lowest BCUT2D eigenvalue weighted by atomic mass is 9.84. The maximum absolute atomic E-state index is 12.5. The fourth-order valence-electron chi connectivity index (χ4n) is 2.37. The first kappa shape index (κ1) is 18.8. The van der Waals surface area contributed by atoms with Gasteiger partial charge in [-0.3, -0.25) is 4.79 Å². The maximum atomic E-state index is 12.5. The molecule has 1 aromatic rings. The van der Waals surface area contributed by atoms with Crippen LogP contribution in [-0.2, 0) is 14.8 Å². The number of halogens is 1. The molecular weight excluding hydrogens is 390 g/mol. The lowest BCUT2D eigenvalue weighted by Gasteiger charge is -2.19. The van der Waals surface area contributed by atoms with Gasteiger partial charge in [0.05, 0.1) is 10.6 Å². The van der Waals surface area contributed by atoms with Crippen molar-refractivity contribution in [1.82, 2.24) is 0 Å². The fraction of sp³-hybridized carbons (Fsp3) is 0.333. The van der Waals surface area contributed by atoms with Crippen LogP contribution in [0.4, 0.5) is 0 Å². The van der Waals surface area contributed by atoms with Gasteiger partial charge in [-0.05, 0) is 48.3 Å². The number of carbonyl (C=O) groups excluding carboxylic acids is 1. The second-order valence-corrected chi connectivity index (χ2v) is 8.80. The molecule has 0 saturated heterocycles. The molecule has 6 heteroatoms. The Morgan fingerprint density at radius 3 is 1.79 bits per heavy atom. The van der Waals surface area contributed by atoms with Crippen molar-refractivity contribution in [3.05, 3.63) is 52.0 Å². The van der Waals surface area contributed by atoms with E-state index in [9.17, 15) is 13.2 Å². The Morgan fingerprint density at radius 2 is 1.38 bits per heavy atom. The summed E-state index contributed by atoms with van der Waals surface area (Å²) in [7, 11) is -3.83. The highest BCUT2D eigenvalue weighted by Crippen LogP contribution is 2.26. The van der Waals surface area contributed by atoms with Crippen LogP contribution in [-0.4, -0.2) is 19.9 Å². The highest BCUT2D eigenvalue weighted by atomic mass is 79.9. The molecule has 0 N–H and O–H groups in total. The van der Waals surface area contributed by atoms with Gasteiger partial charge in [0.15, 0.2) is 5.78 Å². The van der Waals surface area contributed by atoms with Crippen molar-refractivity contribution in [2.45, 2.75) is 32.6 Å². The lowest BCUT2D eigenvalue weighted by molar-refractivity contribution is -0.113. The van der Waals surface area contributed by atoms with E-state index >= 15 is 0 Å². The molecule has 0 amide bonds. The lowest BCUT2D eigenvalue weighted by Crippen LogP contribution is -2.21. The molecular formula is C18H20BrNO3S. The zero-order valence-corrected chi connectivity index (χ0v) is 16.5. The predicted octanol–water partition coefficient (Wildman–Crippen LogP) is 4.33. The number of carbonyl (C=O) groups is 1. The highest BCUT2D eigenvalue weighted by molar-refractivity contribution is 9.10. The van der Waals surface area contributed by atoms with Gasteiger partial charge in [-0.1, -0.05) is 43.6 Å². The van der Waals surface area contributed by atoms with E-state index in [2.05, 4.69) is 20.3 Å². The minimum absolute atomic E-state index is 0.000495. The number of rotatable bonds is 4. The number of benzene rings is 1. The average Bonchev–Trinajstić information content (AvgIpc) is 2.48. The molecule has 24 heavy (non-hydrogen) atoms. The van der Waals surface area contributed by atoms with Crippen molar-refractivity contribution < 1.29 is 13.2 Å². The quantitative estimate of drug-likeness (QED) is 0.695. The van der Waals surface area contributed by atoms with Crippen LogP contribution in [0.15, 0.2) is 61.3 Å². The number of allylic oxidation sites excluding steroid dienone is 4. The minimum Gasteiger partial charge on any atom is -0.289 e. The van der Waals surface area contributed by atoms with Crippen LogP contribution < -0.4 is 0 Å². The monoisotopic (exact) mass is 409 g/mol. The largest absolute Gasteiger partial charge is 0.289 e. The molecule has 4 nitrogen and oxygen atoms in total. The standard InChI is InChI=1S/C18H20BrNO3S/c1-11(2)16-9-14(10-17(12(3)4)18(16)21)20-24(22,23)15-7-5-13(19)6-8-15/h5-12H,1-4H3. The molecule has 1 aromatic carbocycles. The summed E-state index contributed by atoms with van der Waals surface area (Å²) in [5.41, 5.74) is 1.47. The predicted molar refractivity (Wildman–Crippen MR) is 99.6 cm³/mol. The zero-order valence-electron chi connectivity index (χ0n) is 14.1. The van der Waals surface area contributed by atoms with Crippen LogP contribution in [0.3, 0.4) is 0 Å². The Kier molecular flexibility index (Phi) is 5.60. The normalized spacial score (nSPS) is 15.6. The molecule has 2 rings (SSSR count). The molecule has 128 valence electrons. The maximum Gasteiger partial charge on any atom is 0.282 e. The molecule has 0 spiro atoms. The fourth-order valence-corrected chi connectivity index (χ4v) is 3.60. The average molecular weight is 410 g/mol. The Hall–Kier alpha value is -1.53. The molecule has 0 unspecified atom stereocenters. The Balaban J connectivity index is 2.53. The van der Waals surface area contributed by atoms with Crippen LogP contribution in [0.5, 0.6) is 0 Å². The number of ketones is 1. The van der Waals surface area contributed by atoms with E-state index in [0.717, 1.165) is 4.47 Å². The molecule has 0 atom stereocenters. The van der Waals surface area contributed by atoms with Crippen LogP contribution in [0.2, 0.25) is 0 Å². The topological polar surface area (TPSA) is 63.6 Å². The number of hydrogen-bond acceptors (Lipinski definition) is 3. The number of hydrogen-bond donors (Lipinski definition) is 0. The smallest absolute Gasteiger partial charge is 0.282 e. The first-order chi connectivity index (χ1) is 11.1. The second kappa shape index (κ2) is 7.15. The minimum atomic E-state index is -3.83. The van der Waals surface area contributed by atoms with E-state index < -0.39 is 10.0 Å². The SMILES string of the molecule is CC(C)C1=CC(=NS(=O)(=O)c2ccc(Br)cc2)C=C(C(C)C)C1=O. The molecule has 0 fully saturated rings. The van der Waals surface area contributed by atoms with Gasteiger partial charge in [-0.2, -0.15) is 12.8 Å². The third-order valence-corrected chi connectivity index (χ3v) is 5.56. The van der Waals surface area contributed by atoms with Gasteiger partial charge in [-0.15, -0.1) is 0 Å². The van der Waals surface area contributed by atoms with E-state index in [0.29, 0.717) is 16.9 Å². The van der Waals surface area contributed by atoms with Crippen molar-refractivity contribution in [2.24, 2.45) is 16.2 Å². The Labute approximate surface area is 151 Å². The van der Waals surface area contributed by atoms with E-state index in [1.807, 2.05) is 27.7 Å². The number of Topliss-reactive ketones (excluding diaryl/α,β-unsaturated/α-hetero) is 1.